The number of aliphatic hydroxyl groups excluding tert-OH is 1. The van der Waals surface area contributed by atoms with Crippen molar-refractivity contribution in [2.24, 2.45) is 0 Å². The number of hydrogen-bond acceptors (Lipinski definition) is 1. The van der Waals surface area contributed by atoms with Gasteiger partial charge in [0.15, 0.2) is 0 Å². The molecule has 0 aliphatic carbocycles. The lowest BCUT2D eigenvalue weighted by Crippen LogP contribution is -3.00. The molecule has 0 radical (unpaired) electrons. The predicted octanol–water partition coefficient (Wildman–Crippen LogP) is 8.78. The third kappa shape index (κ3) is 36.4. The van der Waals surface area contributed by atoms with E-state index in [9.17, 15) is 0 Å². The molecule has 0 heterocycles. The van der Waals surface area contributed by atoms with Crippen LogP contribution in [0.5, 0.6) is 0 Å². The summed E-state index contributed by atoms with van der Waals surface area (Å²) in [6.45, 7) is 5.42. The second-order valence-corrected chi connectivity index (χ2v) is 13.4. The van der Waals surface area contributed by atoms with E-state index >= 15 is 0 Å². The van der Waals surface area contributed by atoms with Crippen molar-refractivity contribution >= 4 is 0 Å². The van der Waals surface area contributed by atoms with Crippen LogP contribution in [0.2, 0.25) is 0 Å². The smallest absolute Gasteiger partial charge is 0.0782 e. The van der Waals surface area contributed by atoms with E-state index in [0.29, 0.717) is 6.61 Å². The molecule has 1 N–H and O–H groups in total. The van der Waals surface area contributed by atoms with Crippen molar-refractivity contribution in [2.45, 2.75) is 200 Å². The first-order valence-corrected chi connectivity index (χ1v) is 18.1. The zero-order chi connectivity index (χ0) is 27.8. The zero-order valence-electron chi connectivity index (χ0n) is 27.6. The van der Waals surface area contributed by atoms with Crippen molar-refractivity contribution in [2.75, 3.05) is 33.8 Å². The van der Waals surface area contributed by atoms with Crippen molar-refractivity contribution in [1.82, 2.24) is 0 Å². The SMILES string of the molecule is CCCCCCCCCCCCCCCCCC[N+](C)(C)CCCCCCCCCCCCCCCCO.[Br-]. The van der Waals surface area contributed by atoms with Gasteiger partial charge in [0, 0.05) is 6.61 Å². The third-order valence-electron chi connectivity index (χ3n) is 8.79. The highest BCUT2D eigenvalue weighted by molar-refractivity contribution is 4.52. The molecule has 0 aromatic carbocycles. The van der Waals surface area contributed by atoms with Crippen molar-refractivity contribution in [3.63, 3.8) is 0 Å². The lowest BCUT2D eigenvalue weighted by Gasteiger charge is -2.30. The van der Waals surface area contributed by atoms with Gasteiger partial charge in [0.1, 0.15) is 0 Å². The van der Waals surface area contributed by atoms with Gasteiger partial charge in [0.25, 0.3) is 0 Å². The Hall–Kier alpha value is 0.400. The summed E-state index contributed by atoms with van der Waals surface area (Å²) < 4.78 is 1.23. The van der Waals surface area contributed by atoms with E-state index < -0.39 is 0 Å². The Labute approximate surface area is 259 Å². The first-order chi connectivity index (χ1) is 18.6. The van der Waals surface area contributed by atoms with E-state index in [1.807, 2.05) is 0 Å². The van der Waals surface area contributed by atoms with Crippen LogP contribution in [0.25, 0.3) is 0 Å². The topological polar surface area (TPSA) is 20.2 Å². The average molecular weight is 619 g/mol. The van der Waals surface area contributed by atoms with Crippen LogP contribution in [0, 0.1) is 0 Å². The van der Waals surface area contributed by atoms with Crippen molar-refractivity contribution < 1.29 is 26.6 Å². The molecular weight excluding hydrogens is 542 g/mol. The summed E-state index contributed by atoms with van der Waals surface area (Å²) in [7, 11) is 4.91. The third-order valence-corrected chi connectivity index (χ3v) is 8.79. The second kappa shape index (κ2) is 34.6. The highest BCUT2D eigenvalue weighted by Gasteiger charge is 2.13. The maximum absolute atomic E-state index is 8.80. The van der Waals surface area contributed by atoms with Crippen LogP contribution in [-0.2, 0) is 0 Å². The van der Waals surface area contributed by atoms with Crippen molar-refractivity contribution in [1.29, 1.82) is 0 Å². The predicted molar refractivity (Wildman–Crippen MR) is 173 cm³/mol. The fourth-order valence-electron chi connectivity index (χ4n) is 5.97. The molecule has 0 rings (SSSR count). The summed E-state index contributed by atoms with van der Waals surface area (Å²) in [5, 5.41) is 8.80. The molecule has 0 fully saturated rings. The molecule has 0 bridgehead atoms. The minimum Gasteiger partial charge on any atom is -1.00 e. The van der Waals surface area contributed by atoms with Gasteiger partial charge in [0.05, 0.1) is 27.2 Å². The molecular formula is C36H76BrNO. The molecule has 0 saturated heterocycles. The van der Waals surface area contributed by atoms with E-state index in [1.165, 1.54) is 204 Å². The molecule has 39 heavy (non-hydrogen) atoms. The summed E-state index contributed by atoms with van der Waals surface area (Å²) in [5.41, 5.74) is 0. The molecule has 0 aliphatic rings. The van der Waals surface area contributed by atoms with Gasteiger partial charge in [-0.05, 0) is 32.1 Å². The largest absolute Gasteiger partial charge is 1.00 e. The van der Waals surface area contributed by atoms with E-state index in [2.05, 4.69) is 21.0 Å². The first kappa shape index (κ1) is 41.5. The van der Waals surface area contributed by atoms with Crippen LogP contribution in [0.3, 0.4) is 0 Å². The molecule has 0 aromatic rings. The van der Waals surface area contributed by atoms with E-state index in [4.69, 9.17) is 5.11 Å². The summed E-state index contributed by atoms with van der Waals surface area (Å²) in [6.07, 6.45) is 42.6. The fourth-order valence-corrected chi connectivity index (χ4v) is 5.97. The van der Waals surface area contributed by atoms with Gasteiger partial charge >= 0.3 is 0 Å². The number of quaternary nitrogens is 1. The van der Waals surface area contributed by atoms with Crippen LogP contribution in [0.1, 0.15) is 200 Å². The van der Waals surface area contributed by atoms with Crippen LogP contribution in [-0.4, -0.2) is 43.4 Å². The monoisotopic (exact) mass is 618 g/mol. The van der Waals surface area contributed by atoms with Crippen LogP contribution >= 0.6 is 0 Å². The Bertz CT molecular complexity index is 428. The van der Waals surface area contributed by atoms with Crippen LogP contribution in [0.4, 0.5) is 0 Å². The number of unbranched alkanes of at least 4 members (excludes halogenated alkanes) is 28. The molecule has 3 heteroatoms. The van der Waals surface area contributed by atoms with E-state index in [-0.39, 0.29) is 17.0 Å². The van der Waals surface area contributed by atoms with Crippen molar-refractivity contribution in [3.8, 4) is 0 Å². The Morgan fingerprint density at radius 3 is 0.769 bits per heavy atom. The van der Waals surface area contributed by atoms with Crippen molar-refractivity contribution in [3.05, 3.63) is 0 Å². The first-order valence-electron chi connectivity index (χ1n) is 18.1. The van der Waals surface area contributed by atoms with Gasteiger partial charge in [-0.15, -0.1) is 0 Å². The lowest BCUT2D eigenvalue weighted by molar-refractivity contribution is -0.890. The number of nitrogens with zero attached hydrogens (tertiary/aromatic N) is 1. The molecule has 0 unspecified atom stereocenters. The quantitative estimate of drug-likeness (QED) is 0.0576. The Kier molecular flexibility index (Phi) is 36.8. The molecule has 238 valence electrons. The van der Waals surface area contributed by atoms with Gasteiger partial charge in [-0.1, -0.05) is 167 Å². The van der Waals surface area contributed by atoms with Gasteiger partial charge in [-0.25, -0.2) is 0 Å². The molecule has 0 spiro atoms. The number of hydrogen-bond donors (Lipinski definition) is 1. The van der Waals surface area contributed by atoms with Gasteiger partial charge in [-0.2, -0.15) is 0 Å². The second-order valence-electron chi connectivity index (χ2n) is 13.4. The number of halogens is 1. The highest BCUT2D eigenvalue weighted by atomic mass is 79.9. The Balaban J connectivity index is 0. The summed E-state index contributed by atoms with van der Waals surface area (Å²) in [4.78, 5) is 0. The van der Waals surface area contributed by atoms with Gasteiger partial charge in [0.2, 0.25) is 0 Å². The maximum atomic E-state index is 8.80. The van der Waals surface area contributed by atoms with E-state index in [0.717, 1.165) is 6.42 Å². The molecule has 0 aromatic heterocycles. The molecule has 0 amide bonds. The van der Waals surface area contributed by atoms with Crippen LogP contribution < -0.4 is 17.0 Å². The zero-order valence-corrected chi connectivity index (χ0v) is 29.2. The average Bonchev–Trinajstić information content (AvgIpc) is 2.90. The standard InChI is InChI=1S/C36H76NO.BrH/c1-4-5-6-7-8-9-10-11-12-13-16-19-22-25-28-31-34-37(2,3)35-32-29-26-23-20-17-14-15-18-21-24-27-30-33-36-38;/h38H,4-36H2,1-3H3;1H/q+1;/p-1. The number of aliphatic hydroxyl groups is 1. The summed E-state index contributed by atoms with van der Waals surface area (Å²) >= 11 is 0. The summed E-state index contributed by atoms with van der Waals surface area (Å²) in [5.74, 6) is 0. The molecule has 0 atom stereocenters. The fraction of sp³-hybridized carbons (Fsp3) is 1.00. The highest BCUT2D eigenvalue weighted by Crippen LogP contribution is 2.16. The Morgan fingerprint density at radius 2 is 0.538 bits per heavy atom. The van der Waals surface area contributed by atoms with Gasteiger partial charge < -0.3 is 26.6 Å². The van der Waals surface area contributed by atoms with E-state index in [1.54, 1.807) is 0 Å². The van der Waals surface area contributed by atoms with Gasteiger partial charge in [-0.3, -0.25) is 0 Å². The Morgan fingerprint density at radius 1 is 0.333 bits per heavy atom. The maximum Gasteiger partial charge on any atom is 0.0782 e. The molecule has 2 nitrogen and oxygen atoms in total. The minimum absolute atomic E-state index is 0. The molecule has 0 saturated carbocycles. The number of rotatable bonds is 33. The van der Waals surface area contributed by atoms with Crippen LogP contribution in [0.15, 0.2) is 0 Å². The lowest BCUT2D eigenvalue weighted by atomic mass is 10.0. The summed E-state index contributed by atoms with van der Waals surface area (Å²) in [6, 6.07) is 0. The minimum atomic E-state index is 0. The normalized spacial score (nSPS) is 11.7. The molecule has 0 aliphatic heterocycles.